The van der Waals surface area contributed by atoms with Crippen LogP contribution in [0.25, 0.3) is 20.7 Å². The van der Waals surface area contributed by atoms with Crippen LogP contribution in [-0.2, 0) is 6.54 Å². The molecule has 0 atom stereocenters. The van der Waals surface area contributed by atoms with Gasteiger partial charge in [0, 0.05) is 16.5 Å². The van der Waals surface area contributed by atoms with Gasteiger partial charge in [-0.1, -0.05) is 42.5 Å². The maximum Gasteiger partial charge on any atom is 0.272 e. The summed E-state index contributed by atoms with van der Waals surface area (Å²) in [7, 11) is 0. The van der Waals surface area contributed by atoms with Crippen molar-refractivity contribution in [3.63, 3.8) is 0 Å². The Bertz CT molecular complexity index is 1210. The monoisotopic (exact) mass is 377 g/mol. The van der Waals surface area contributed by atoms with Gasteiger partial charge in [-0.2, -0.15) is 0 Å². The highest BCUT2D eigenvalue weighted by molar-refractivity contribution is 7.22. The zero-order valence-corrected chi connectivity index (χ0v) is 15.3. The van der Waals surface area contributed by atoms with E-state index in [2.05, 4.69) is 4.98 Å². The zero-order chi connectivity index (χ0) is 19.0. The Morgan fingerprint density at radius 3 is 2.67 bits per heavy atom. The molecule has 0 saturated carbocycles. The molecular weight excluding hydrogens is 362 g/mol. The van der Waals surface area contributed by atoms with Gasteiger partial charge in [-0.15, -0.1) is 11.3 Å². The number of hydrogen-bond acceptors (Lipinski definition) is 5. The van der Waals surface area contributed by atoms with Crippen LogP contribution in [0.15, 0.2) is 65.7 Å². The molecule has 134 valence electrons. The zero-order valence-electron chi connectivity index (χ0n) is 14.5. The van der Waals surface area contributed by atoms with E-state index in [-0.39, 0.29) is 17.8 Å². The molecule has 27 heavy (non-hydrogen) atoms. The first kappa shape index (κ1) is 17.1. The van der Waals surface area contributed by atoms with Crippen molar-refractivity contribution in [2.75, 3.05) is 0 Å². The molecule has 0 radical (unpaired) electrons. The fraction of sp³-hybridized carbons (Fsp3) is 0.100. The Morgan fingerprint density at radius 2 is 1.93 bits per heavy atom. The van der Waals surface area contributed by atoms with Crippen LogP contribution >= 0.6 is 11.3 Å². The Balaban J connectivity index is 1.76. The third-order valence-electron chi connectivity index (χ3n) is 4.52. The van der Waals surface area contributed by atoms with Crippen LogP contribution in [0, 0.1) is 17.0 Å². The van der Waals surface area contributed by atoms with E-state index in [0.717, 1.165) is 16.0 Å². The molecule has 0 unspecified atom stereocenters. The van der Waals surface area contributed by atoms with E-state index in [1.54, 1.807) is 19.1 Å². The molecule has 4 rings (SSSR count). The van der Waals surface area contributed by atoms with Gasteiger partial charge in [0.05, 0.1) is 23.3 Å². The molecule has 0 N–H and O–H groups in total. The van der Waals surface area contributed by atoms with Crippen LogP contribution in [0.1, 0.15) is 11.1 Å². The summed E-state index contributed by atoms with van der Waals surface area (Å²) in [5, 5.41) is 11.1. The average molecular weight is 377 g/mol. The van der Waals surface area contributed by atoms with Crippen molar-refractivity contribution in [1.29, 1.82) is 0 Å². The van der Waals surface area contributed by atoms with Crippen LogP contribution in [0.4, 0.5) is 5.69 Å². The fourth-order valence-electron chi connectivity index (χ4n) is 3.03. The Morgan fingerprint density at radius 1 is 1.15 bits per heavy atom. The van der Waals surface area contributed by atoms with Crippen molar-refractivity contribution >= 4 is 27.2 Å². The molecule has 2 aromatic heterocycles. The largest absolute Gasteiger partial charge is 0.294 e. The average Bonchev–Trinajstić information content (AvgIpc) is 3.11. The van der Waals surface area contributed by atoms with Gasteiger partial charge in [0.2, 0.25) is 0 Å². The third kappa shape index (κ3) is 3.13. The van der Waals surface area contributed by atoms with Gasteiger partial charge in [-0.05, 0) is 24.1 Å². The van der Waals surface area contributed by atoms with Crippen LogP contribution < -0.4 is 5.56 Å². The molecule has 0 spiro atoms. The van der Waals surface area contributed by atoms with E-state index >= 15 is 0 Å². The van der Waals surface area contributed by atoms with Gasteiger partial charge in [0.1, 0.15) is 4.70 Å². The van der Waals surface area contributed by atoms with Gasteiger partial charge >= 0.3 is 0 Å². The first-order chi connectivity index (χ1) is 13.0. The van der Waals surface area contributed by atoms with Crippen molar-refractivity contribution in [2.45, 2.75) is 13.5 Å². The number of benzene rings is 2. The Kier molecular flexibility index (Phi) is 4.29. The number of nitro groups is 1. The smallest absolute Gasteiger partial charge is 0.272 e. The summed E-state index contributed by atoms with van der Waals surface area (Å²) in [6.07, 6.45) is 1.50. The standard InChI is InChI=1S/C20H15N3O3S/c1-13-15(8-5-9-17(13)23(25)26)11-22-12-21-16-10-18(27-19(16)20(22)24)14-6-3-2-4-7-14/h2-10,12H,11H2,1H3. The normalized spacial score (nSPS) is 11.0. The number of aromatic nitrogens is 2. The quantitative estimate of drug-likeness (QED) is 0.390. The minimum atomic E-state index is -0.408. The van der Waals surface area contributed by atoms with Gasteiger partial charge in [0.25, 0.3) is 11.2 Å². The highest BCUT2D eigenvalue weighted by Gasteiger charge is 2.15. The molecule has 7 heteroatoms. The van der Waals surface area contributed by atoms with Crippen molar-refractivity contribution in [1.82, 2.24) is 9.55 Å². The molecule has 0 aliphatic rings. The summed E-state index contributed by atoms with van der Waals surface area (Å²) in [4.78, 5) is 29.0. The van der Waals surface area contributed by atoms with E-state index in [9.17, 15) is 14.9 Å². The fourth-order valence-corrected chi connectivity index (χ4v) is 4.09. The summed E-state index contributed by atoms with van der Waals surface area (Å²) < 4.78 is 2.08. The van der Waals surface area contributed by atoms with Crippen LogP contribution in [-0.4, -0.2) is 14.5 Å². The summed E-state index contributed by atoms with van der Waals surface area (Å²) >= 11 is 1.41. The van der Waals surface area contributed by atoms with Crippen LogP contribution in [0.5, 0.6) is 0 Å². The second kappa shape index (κ2) is 6.77. The number of rotatable bonds is 4. The summed E-state index contributed by atoms with van der Waals surface area (Å²) in [5.41, 5.74) is 2.91. The van der Waals surface area contributed by atoms with E-state index in [1.165, 1.54) is 28.3 Å². The number of hydrogen-bond donors (Lipinski definition) is 0. The molecule has 0 aliphatic carbocycles. The van der Waals surface area contributed by atoms with Gasteiger partial charge < -0.3 is 0 Å². The van der Waals surface area contributed by atoms with Gasteiger partial charge in [-0.3, -0.25) is 19.5 Å². The second-order valence-corrected chi connectivity index (χ2v) is 7.24. The van der Waals surface area contributed by atoms with E-state index in [1.807, 2.05) is 36.4 Å². The highest BCUT2D eigenvalue weighted by Crippen LogP contribution is 2.30. The van der Waals surface area contributed by atoms with Crippen molar-refractivity contribution < 1.29 is 4.92 Å². The Hall–Kier alpha value is -3.32. The molecule has 0 aliphatic heterocycles. The third-order valence-corrected chi connectivity index (χ3v) is 5.68. The second-order valence-electron chi connectivity index (χ2n) is 6.19. The van der Waals surface area contributed by atoms with Crippen molar-refractivity contribution in [3.05, 3.63) is 92.5 Å². The molecular formula is C20H15N3O3S. The summed E-state index contributed by atoms with van der Waals surface area (Å²) in [6.45, 7) is 1.94. The van der Waals surface area contributed by atoms with E-state index in [4.69, 9.17) is 0 Å². The molecule has 2 heterocycles. The minimum absolute atomic E-state index is 0.0528. The maximum absolute atomic E-state index is 12.9. The molecule has 0 amide bonds. The van der Waals surface area contributed by atoms with Gasteiger partial charge in [-0.25, -0.2) is 4.98 Å². The van der Waals surface area contributed by atoms with Crippen LogP contribution in [0.2, 0.25) is 0 Å². The lowest BCUT2D eigenvalue weighted by molar-refractivity contribution is -0.385. The Labute approximate surface area is 158 Å². The van der Waals surface area contributed by atoms with Crippen molar-refractivity contribution in [2.24, 2.45) is 0 Å². The lowest BCUT2D eigenvalue weighted by atomic mass is 10.1. The molecule has 0 saturated heterocycles. The maximum atomic E-state index is 12.9. The highest BCUT2D eigenvalue weighted by atomic mass is 32.1. The number of nitro benzene ring substituents is 1. The molecule has 6 nitrogen and oxygen atoms in total. The summed E-state index contributed by atoms with van der Waals surface area (Å²) in [6, 6.07) is 16.7. The number of thiophene rings is 1. The predicted octanol–water partition coefficient (Wildman–Crippen LogP) is 4.39. The lowest BCUT2D eigenvalue weighted by Crippen LogP contribution is -2.20. The number of fused-ring (bicyclic) bond motifs is 1. The van der Waals surface area contributed by atoms with E-state index < -0.39 is 4.92 Å². The minimum Gasteiger partial charge on any atom is -0.294 e. The molecule has 0 bridgehead atoms. The first-order valence-corrected chi connectivity index (χ1v) is 9.13. The van der Waals surface area contributed by atoms with Crippen LogP contribution in [0.3, 0.4) is 0 Å². The lowest BCUT2D eigenvalue weighted by Gasteiger charge is -2.08. The first-order valence-electron chi connectivity index (χ1n) is 8.32. The molecule has 0 fully saturated rings. The molecule has 2 aromatic carbocycles. The predicted molar refractivity (Wildman–Crippen MR) is 106 cm³/mol. The SMILES string of the molecule is Cc1c(Cn2cnc3cc(-c4ccccc4)sc3c2=O)cccc1[N+](=O)[O-]. The number of nitrogens with zero attached hydrogens (tertiary/aromatic N) is 3. The van der Waals surface area contributed by atoms with Gasteiger partial charge in [0.15, 0.2) is 0 Å². The summed E-state index contributed by atoms with van der Waals surface area (Å²) in [5.74, 6) is 0. The van der Waals surface area contributed by atoms with E-state index in [0.29, 0.717) is 15.8 Å². The topological polar surface area (TPSA) is 78.0 Å². The van der Waals surface area contributed by atoms with Crippen molar-refractivity contribution in [3.8, 4) is 10.4 Å². The molecule has 4 aromatic rings.